The lowest BCUT2D eigenvalue weighted by atomic mass is 10.1. The average molecular weight is 462 g/mol. The highest BCUT2D eigenvalue weighted by molar-refractivity contribution is 9.10. The first kappa shape index (κ1) is 20.8. The Hall–Kier alpha value is -1.50. The van der Waals surface area contributed by atoms with Crippen LogP contribution in [0.1, 0.15) is 32.4 Å². The lowest BCUT2D eigenvalue weighted by Crippen LogP contribution is -2.38. The number of nitrogens with one attached hydrogen (secondary N) is 1. The van der Waals surface area contributed by atoms with Crippen LogP contribution in [0.3, 0.4) is 0 Å². The monoisotopic (exact) mass is 460 g/mol. The quantitative estimate of drug-likeness (QED) is 0.694. The van der Waals surface area contributed by atoms with Crippen LogP contribution >= 0.6 is 39.1 Å². The second kappa shape index (κ2) is 8.46. The van der Waals surface area contributed by atoms with Crippen molar-refractivity contribution in [1.82, 2.24) is 9.88 Å². The van der Waals surface area contributed by atoms with Crippen molar-refractivity contribution < 1.29 is 9.53 Å². The summed E-state index contributed by atoms with van der Waals surface area (Å²) < 4.78 is 7.45. The number of carbonyl (C=O) groups is 1. The lowest BCUT2D eigenvalue weighted by Gasteiger charge is -2.24. The van der Waals surface area contributed by atoms with Crippen LogP contribution < -0.4 is 10.9 Å². The number of nitrogens with zero attached hydrogens (tertiary/aromatic N) is 1. The summed E-state index contributed by atoms with van der Waals surface area (Å²) >= 11 is 15.4. The fraction of sp³-hybridized carbons (Fsp3) is 0.333. The predicted octanol–water partition coefficient (Wildman–Crippen LogP) is 5.03. The molecular formula is C18H19BrCl2N2O3. The molecule has 0 radical (unpaired) electrons. The molecule has 0 bridgehead atoms. The third kappa shape index (κ3) is 5.76. The van der Waals surface area contributed by atoms with Gasteiger partial charge in [-0.3, -0.25) is 4.79 Å². The second-order valence-electron chi connectivity index (χ2n) is 6.66. The maximum Gasteiger partial charge on any atom is 0.407 e. The van der Waals surface area contributed by atoms with E-state index in [1.807, 2.05) is 0 Å². The molecule has 0 fully saturated rings. The summed E-state index contributed by atoms with van der Waals surface area (Å²) in [7, 11) is 0. The summed E-state index contributed by atoms with van der Waals surface area (Å²) in [6.07, 6.45) is 1.09. The molecular weight excluding hydrogens is 443 g/mol. The summed E-state index contributed by atoms with van der Waals surface area (Å²) in [6, 6.07) is 7.84. The van der Waals surface area contributed by atoms with E-state index >= 15 is 0 Å². The molecule has 2 aromatic rings. The number of amides is 1. The topological polar surface area (TPSA) is 60.3 Å². The molecule has 0 saturated heterocycles. The van der Waals surface area contributed by atoms with Crippen LogP contribution in [-0.2, 0) is 4.74 Å². The highest BCUT2D eigenvalue weighted by Crippen LogP contribution is 2.27. The van der Waals surface area contributed by atoms with Gasteiger partial charge in [-0.05, 0) is 44.5 Å². The van der Waals surface area contributed by atoms with Crippen LogP contribution in [0.25, 0.3) is 0 Å². The largest absolute Gasteiger partial charge is 0.444 e. The maximum atomic E-state index is 12.4. The van der Waals surface area contributed by atoms with Gasteiger partial charge in [0, 0.05) is 23.3 Å². The normalized spacial score (nSPS) is 12.5. The first-order valence-electron chi connectivity index (χ1n) is 7.86. The van der Waals surface area contributed by atoms with Crippen molar-refractivity contribution >= 4 is 45.2 Å². The fourth-order valence-electron chi connectivity index (χ4n) is 2.31. The van der Waals surface area contributed by atoms with Crippen LogP contribution in [-0.4, -0.2) is 22.8 Å². The van der Waals surface area contributed by atoms with Crippen molar-refractivity contribution in [3.05, 3.63) is 67.0 Å². The Balaban J connectivity index is 2.34. The molecule has 0 saturated carbocycles. The van der Waals surface area contributed by atoms with E-state index < -0.39 is 17.7 Å². The van der Waals surface area contributed by atoms with Gasteiger partial charge in [-0.15, -0.1) is 0 Å². The summed E-state index contributed by atoms with van der Waals surface area (Å²) in [4.78, 5) is 24.4. The van der Waals surface area contributed by atoms with E-state index in [0.29, 0.717) is 14.5 Å². The molecule has 1 unspecified atom stereocenters. The van der Waals surface area contributed by atoms with Crippen molar-refractivity contribution in [2.45, 2.75) is 32.4 Å². The number of hydrogen-bond donors (Lipinski definition) is 1. The van der Waals surface area contributed by atoms with Crippen LogP contribution in [0.5, 0.6) is 0 Å². The Morgan fingerprint density at radius 2 is 1.92 bits per heavy atom. The number of alkyl carbamates (subject to hydrolysis) is 1. The van der Waals surface area contributed by atoms with Crippen molar-refractivity contribution in [3.63, 3.8) is 0 Å². The average Bonchev–Trinajstić information content (AvgIpc) is 2.50. The first-order chi connectivity index (χ1) is 12.1. The van der Waals surface area contributed by atoms with Crippen LogP contribution in [0, 0.1) is 0 Å². The van der Waals surface area contributed by atoms with Gasteiger partial charge in [0.25, 0.3) is 5.56 Å². The zero-order chi connectivity index (χ0) is 19.5. The molecule has 1 heterocycles. The van der Waals surface area contributed by atoms with E-state index in [1.165, 1.54) is 10.6 Å². The number of ether oxygens (including phenoxy) is 1. The molecule has 1 atom stereocenters. The first-order valence-corrected chi connectivity index (χ1v) is 9.41. The molecule has 8 heteroatoms. The van der Waals surface area contributed by atoms with Gasteiger partial charge in [-0.25, -0.2) is 4.79 Å². The van der Waals surface area contributed by atoms with E-state index in [9.17, 15) is 9.59 Å². The standard InChI is InChI=1S/C18H19BrCl2N2O3/c1-18(2,3)26-17(25)22-10-15(11-4-5-13(20)14(21)8-11)23-7-6-12(19)9-16(23)24/h4-9,15H,10H2,1-3H3,(H,22,25). The number of hydrogen-bond acceptors (Lipinski definition) is 3. The Labute approximate surface area is 170 Å². The molecule has 1 amide bonds. The zero-order valence-corrected chi connectivity index (χ0v) is 17.7. The van der Waals surface area contributed by atoms with Crippen molar-refractivity contribution in [2.24, 2.45) is 0 Å². The Morgan fingerprint density at radius 3 is 2.50 bits per heavy atom. The summed E-state index contributed by atoms with van der Waals surface area (Å²) in [5, 5.41) is 3.49. The molecule has 1 aromatic carbocycles. The van der Waals surface area contributed by atoms with Crippen LogP contribution in [0.2, 0.25) is 10.0 Å². The molecule has 0 aliphatic heterocycles. The fourth-order valence-corrected chi connectivity index (χ4v) is 2.93. The molecule has 2 rings (SSSR count). The van der Waals surface area contributed by atoms with Gasteiger partial charge in [0.2, 0.25) is 0 Å². The van der Waals surface area contributed by atoms with Crippen LogP contribution in [0.4, 0.5) is 4.79 Å². The van der Waals surface area contributed by atoms with Crippen LogP contribution in [0.15, 0.2) is 45.8 Å². The Kier molecular flexibility index (Phi) is 6.77. The third-order valence-electron chi connectivity index (χ3n) is 3.41. The molecule has 5 nitrogen and oxygen atoms in total. The van der Waals surface area contributed by atoms with Gasteiger partial charge in [-0.1, -0.05) is 45.2 Å². The molecule has 140 valence electrons. The number of carbonyl (C=O) groups excluding carboxylic acids is 1. The second-order valence-corrected chi connectivity index (χ2v) is 8.39. The lowest BCUT2D eigenvalue weighted by molar-refractivity contribution is 0.0522. The van der Waals surface area contributed by atoms with Gasteiger partial charge < -0.3 is 14.6 Å². The molecule has 0 aliphatic carbocycles. The van der Waals surface area contributed by atoms with E-state index in [1.54, 1.807) is 51.2 Å². The minimum Gasteiger partial charge on any atom is -0.444 e. The number of halogens is 3. The van der Waals surface area contributed by atoms with E-state index in [4.69, 9.17) is 27.9 Å². The zero-order valence-electron chi connectivity index (χ0n) is 14.6. The van der Waals surface area contributed by atoms with Gasteiger partial charge in [-0.2, -0.15) is 0 Å². The molecule has 0 aliphatic rings. The number of pyridine rings is 1. The summed E-state index contributed by atoms with van der Waals surface area (Å²) in [5.74, 6) is 0. The third-order valence-corrected chi connectivity index (χ3v) is 4.65. The summed E-state index contributed by atoms with van der Waals surface area (Å²) in [5.41, 5.74) is -0.0984. The highest BCUT2D eigenvalue weighted by Gasteiger charge is 2.20. The van der Waals surface area contributed by atoms with Gasteiger partial charge in [0.05, 0.1) is 16.1 Å². The molecule has 26 heavy (non-hydrogen) atoms. The van der Waals surface area contributed by atoms with Crippen molar-refractivity contribution in [1.29, 1.82) is 0 Å². The summed E-state index contributed by atoms with van der Waals surface area (Å²) in [6.45, 7) is 5.49. The predicted molar refractivity (Wildman–Crippen MR) is 107 cm³/mol. The number of rotatable bonds is 4. The number of aromatic nitrogens is 1. The number of benzene rings is 1. The van der Waals surface area contributed by atoms with E-state index in [2.05, 4.69) is 21.2 Å². The maximum absolute atomic E-state index is 12.4. The van der Waals surface area contributed by atoms with Crippen molar-refractivity contribution in [3.8, 4) is 0 Å². The Bertz CT molecular complexity index is 862. The Morgan fingerprint density at radius 1 is 1.23 bits per heavy atom. The molecule has 1 N–H and O–H groups in total. The van der Waals surface area contributed by atoms with E-state index in [-0.39, 0.29) is 12.1 Å². The molecule has 0 spiro atoms. The van der Waals surface area contributed by atoms with E-state index in [0.717, 1.165) is 5.56 Å². The SMILES string of the molecule is CC(C)(C)OC(=O)NCC(c1ccc(Cl)c(Cl)c1)n1ccc(Br)cc1=O. The van der Waals surface area contributed by atoms with Gasteiger partial charge in [0.15, 0.2) is 0 Å². The highest BCUT2D eigenvalue weighted by atomic mass is 79.9. The minimum atomic E-state index is -0.613. The smallest absolute Gasteiger partial charge is 0.407 e. The van der Waals surface area contributed by atoms with Crippen molar-refractivity contribution in [2.75, 3.05) is 6.54 Å². The van der Waals surface area contributed by atoms with Gasteiger partial charge in [0.1, 0.15) is 5.60 Å². The van der Waals surface area contributed by atoms with Gasteiger partial charge >= 0.3 is 6.09 Å². The minimum absolute atomic E-state index is 0.147. The molecule has 1 aromatic heterocycles.